The molecular formula is C59H47N3. The lowest BCUT2D eigenvalue weighted by Gasteiger charge is -2.19. The zero-order valence-corrected chi connectivity index (χ0v) is 35.2. The van der Waals surface area contributed by atoms with Crippen LogP contribution in [0.1, 0.15) is 28.7 Å². The summed E-state index contributed by atoms with van der Waals surface area (Å²) in [7, 11) is 0. The molecule has 1 aliphatic rings. The first kappa shape index (κ1) is 38.6. The molecule has 1 unspecified atom stereocenters. The molecule has 298 valence electrons. The molecule has 3 heteroatoms. The Bertz CT molecular complexity index is 3240. The predicted molar refractivity (Wildman–Crippen MR) is 265 cm³/mol. The minimum atomic E-state index is 0.154. The Morgan fingerprint density at radius 2 is 1.29 bits per heavy atom. The van der Waals surface area contributed by atoms with Crippen LogP contribution in [0.15, 0.2) is 222 Å². The van der Waals surface area contributed by atoms with Crippen molar-refractivity contribution in [2.24, 2.45) is 15.9 Å². The first-order chi connectivity index (χ1) is 30.6. The number of hydrogen-bond acceptors (Lipinski definition) is 2. The molecule has 3 nitrogen and oxygen atoms in total. The van der Waals surface area contributed by atoms with Crippen LogP contribution in [0, 0.1) is 19.8 Å². The van der Waals surface area contributed by atoms with Gasteiger partial charge in [-0.1, -0.05) is 170 Å². The molecule has 8 aromatic carbocycles. The maximum absolute atomic E-state index is 5.21. The Morgan fingerprint density at radius 1 is 0.645 bits per heavy atom. The molecular weight excluding hydrogens is 751 g/mol. The normalized spacial score (nSPS) is 14.3. The fraction of sp³-hybridized carbons (Fsp3) is 0.0847. The number of benzene rings is 8. The molecule has 0 spiro atoms. The van der Waals surface area contributed by atoms with Gasteiger partial charge in [-0.15, -0.1) is 0 Å². The van der Waals surface area contributed by atoms with E-state index in [2.05, 4.69) is 230 Å². The SMILES string of the molecule is C=N/C(=C\C(=NCc1ccccc1)c1ccc(-n2c3ccc(-c4ccccc4)cc3c3c4ccccc4c(-c4cc(-c5ccccc5)ccc4C)c(C)c32)cc1)C1C=CC=CC1. The molecule has 1 aliphatic carbocycles. The average Bonchev–Trinajstić information content (AvgIpc) is 3.69. The van der Waals surface area contributed by atoms with E-state index in [1.807, 2.05) is 6.07 Å². The van der Waals surface area contributed by atoms with Crippen LogP contribution in [0.25, 0.3) is 71.6 Å². The van der Waals surface area contributed by atoms with E-state index in [9.17, 15) is 0 Å². The first-order valence-corrected chi connectivity index (χ1v) is 21.5. The third kappa shape index (κ3) is 7.22. The van der Waals surface area contributed by atoms with Gasteiger partial charge in [-0.25, -0.2) is 0 Å². The standard InChI is InChI=1S/C59H47N3/c1-40-28-29-47(43-20-10-5-11-21-43)36-52(40)57-41(2)59-58(51-27-17-16-26-50(51)57)53-37-48(44-22-12-6-13-23-44)32-35-56(53)62(59)49-33-30-46(31-34-49)55(61-39-42-18-8-4-9-19-42)38-54(60-3)45-24-14-7-15-25-45/h4-24,26-38,45H,3,25,39H2,1-2H3/b54-38-,61-55?. The molecule has 0 fully saturated rings. The van der Waals surface area contributed by atoms with Gasteiger partial charge in [0.1, 0.15) is 0 Å². The molecule has 0 aliphatic heterocycles. The van der Waals surface area contributed by atoms with Crippen LogP contribution in [0.4, 0.5) is 0 Å². The summed E-state index contributed by atoms with van der Waals surface area (Å²) in [5, 5.41) is 5.00. The highest BCUT2D eigenvalue weighted by Crippen LogP contribution is 2.46. The van der Waals surface area contributed by atoms with Gasteiger partial charge in [-0.05, 0) is 130 Å². The van der Waals surface area contributed by atoms with Crippen LogP contribution in [0.5, 0.6) is 0 Å². The number of aromatic nitrogens is 1. The Labute approximate surface area is 364 Å². The Kier molecular flexibility index (Phi) is 10.4. The van der Waals surface area contributed by atoms with Crippen LogP contribution < -0.4 is 0 Å². The van der Waals surface area contributed by atoms with E-state index in [-0.39, 0.29) is 5.92 Å². The van der Waals surface area contributed by atoms with Crippen molar-refractivity contribution in [2.45, 2.75) is 26.8 Å². The summed E-state index contributed by atoms with van der Waals surface area (Å²) in [6, 6.07) is 63.6. The quantitative estimate of drug-likeness (QED) is 0.123. The van der Waals surface area contributed by atoms with Crippen molar-refractivity contribution in [3.63, 3.8) is 0 Å². The zero-order chi connectivity index (χ0) is 42.0. The van der Waals surface area contributed by atoms with Crippen molar-refractivity contribution in [1.82, 2.24) is 4.57 Å². The molecule has 1 atom stereocenters. The van der Waals surface area contributed by atoms with E-state index in [0.29, 0.717) is 6.54 Å². The maximum Gasteiger partial charge on any atom is 0.0669 e. The minimum absolute atomic E-state index is 0.154. The molecule has 0 saturated heterocycles. The van der Waals surface area contributed by atoms with Crippen LogP contribution in [-0.2, 0) is 6.54 Å². The Hall–Kier alpha value is -7.62. The number of fused-ring (bicyclic) bond motifs is 5. The summed E-state index contributed by atoms with van der Waals surface area (Å²) >= 11 is 0. The smallest absolute Gasteiger partial charge is 0.0669 e. The average molecular weight is 798 g/mol. The third-order valence-electron chi connectivity index (χ3n) is 12.4. The van der Waals surface area contributed by atoms with Gasteiger partial charge in [0, 0.05) is 28.1 Å². The zero-order valence-electron chi connectivity index (χ0n) is 35.2. The van der Waals surface area contributed by atoms with E-state index < -0.39 is 0 Å². The summed E-state index contributed by atoms with van der Waals surface area (Å²) in [5.41, 5.74) is 17.3. The molecule has 1 aromatic heterocycles. The molecule has 0 bridgehead atoms. The highest BCUT2D eigenvalue weighted by molar-refractivity contribution is 6.26. The number of aliphatic imine (C=N–C) groups is 2. The van der Waals surface area contributed by atoms with E-state index in [0.717, 1.165) is 34.6 Å². The monoisotopic (exact) mass is 797 g/mol. The van der Waals surface area contributed by atoms with Crippen molar-refractivity contribution in [2.75, 3.05) is 0 Å². The number of hydrogen-bond donors (Lipinski definition) is 0. The number of allylic oxidation sites excluding steroid dienone is 5. The number of nitrogens with zero attached hydrogens (tertiary/aromatic N) is 3. The maximum atomic E-state index is 5.21. The van der Waals surface area contributed by atoms with E-state index in [4.69, 9.17) is 4.99 Å². The van der Waals surface area contributed by atoms with Crippen molar-refractivity contribution in [3.05, 3.63) is 234 Å². The van der Waals surface area contributed by atoms with Gasteiger partial charge in [0.25, 0.3) is 0 Å². The van der Waals surface area contributed by atoms with Crippen molar-refractivity contribution in [3.8, 4) is 39.1 Å². The van der Waals surface area contributed by atoms with Crippen LogP contribution in [0.3, 0.4) is 0 Å². The highest BCUT2D eigenvalue weighted by Gasteiger charge is 2.23. The fourth-order valence-corrected chi connectivity index (χ4v) is 9.26. The van der Waals surface area contributed by atoms with E-state index >= 15 is 0 Å². The Balaban J connectivity index is 1.20. The summed E-state index contributed by atoms with van der Waals surface area (Å²) in [4.78, 5) is 9.74. The second-order valence-corrected chi connectivity index (χ2v) is 16.2. The summed E-state index contributed by atoms with van der Waals surface area (Å²) in [6.07, 6.45) is 11.6. The lowest BCUT2D eigenvalue weighted by molar-refractivity contribution is 0.759. The predicted octanol–water partition coefficient (Wildman–Crippen LogP) is 15.3. The first-order valence-electron chi connectivity index (χ1n) is 21.5. The second kappa shape index (κ2) is 16.8. The topological polar surface area (TPSA) is 29.6 Å². The van der Waals surface area contributed by atoms with Gasteiger partial charge in [0.15, 0.2) is 0 Å². The number of aryl methyl sites for hydroxylation is 2. The summed E-state index contributed by atoms with van der Waals surface area (Å²) in [6.45, 7) is 9.10. The van der Waals surface area contributed by atoms with E-state index in [1.165, 1.54) is 77.1 Å². The Morgan fingerprint density at radius 3 is 1.97 bits per heavy atom. The lowest BCUT2D eigenvalue weighted by Crippen LogP contribution is -2.06. The van der Waals surface area contributed by atoms with Gasteiger partial charge in [-0.2, -0.15) is 0 Å². The van der Waals surface area contributed by atoms with Crippen LogP contribution in [-0.4, -0.2) is 17.0 Å². The summed E-state index contributed by atoms with van der Waals surface area (Å²) < 4.78 is 2.48. The van der Waals surface area contributed by atoms with Gasteiger partial charge in [-0.3, -0.25) is 9.98 Å². The van der Waals surface area contributed by atoms with E-state index in [1.54, 1.807) is 0 Å². The highest BCUT2D eigenvalue weighted by atomic mass is 15.0. The van der Waals surface area contributed by atoms with Crippen LogP contribution >= 0.6 is 0 Å². The second-order valence-electron chi connectivity index (χ2n) is 16.2. The third-order valence-corrected chi connectivity index (χ3v) is 12.4. The van der Waals surface area contributed by atoms with Gasteiger partial charge < -0.3 is 4.57 Å². The molecule has 0 N–H and O–H groups in total. The minimum Gasteiger partial charge on any atom is -0.309 e. The summed E-state index contributed by atoms with van der Waals surface area (Å²) in [5.74, 6) is 0.154. The molecule has 10 rings (SSSR count). The molecule has 62 heavy (non-hydrogen) atoms. The van der Waals surface area contributed by atoms with Crippen molar-refractivity contribution in [1.29, 1.82) is 0 Å². The molecule has 0 amide bonds. The van der Waals surface area contributed by atoms with Crippen molar-refractivity contribution < 1.29 is 0 Å². The molecule has 0 radical (unpaired) electrons. The molecule has 0 saturated carbocycles. The lowest BCUT2D eigenvalue weighted by atomic mass is 9.87. The largest absolute Gasteiger partial charge is 0.309 e. The van der Waals surface area contributed by atoms with Crippen LogP contribution in [0.2, 0.25) is 0 Å². The van der Waals surface area contributed by atoms with Gasteiger partial charge in [0.05, 0.1) is 23.3 Å². The fourth-order valence-electron chi connectivity index (χ4n) is 9.26. The molecule has 1 heterocycles. The van der Waals surface area contributed by atoms with Gasteiger partial charge >= 0.3 is 0 Å². The van der Waals surface area contributed by atoms with Crippen molar-refractivity contribution >= 4 is 45.0 Å². The molecule has 9 aromatic rings. The number of rotatable bonds is 10. The van der Waals surface area contributed by atoms with Gasteiger partial charge in [0.2, 0.25) is 0 Å².